The lowest BCUT2D eigenvalue weighted by molar-refractivity contribution is -0.140. The van der Waals surface area contributed by atoms with Crippen LogP contribution in [0.5, 0.6) is 0 Å². The molecule has 0 bridgehead atoms. The first kappa shape index (κ1) is 19.6. The average Bonchev–Trinajstić information content (AvgIpc) is 3.27. The SMILES string of the molecule is O=c1c2cn[nH]c2c2ccc(-c3ccnc(N4CCNCC4)c3)cc2n1CC(F)(F)F. The van der Waals surface area contributed by atoms with Crippen LogP contribution in [0.3, 0.4) is 0 Å². The van der Waals surface area contributed by atoms with Crippen molar-refractivity contribution in [2.45, 2.75) is 12.7 Å². The van der Waals surface area contributed by atoms with Crippen LogP contribution in [0.15, 0.2) is 47.5 Å². The van der Waals surface area contributed by atoms with Crippen molar-refractivity contribution in [1.29, 1.82) is 0 Å². The Morgan fingerprint density at radius 2 is 1.81 bits per heavy atom. The molecule has 10 heteroatoms. The minimum Gasteiger partial charge on any atom is -0.354 e. The second-order valence-corrected chi connectivity index (χ2v) is 7.54. The maximum atomic E-state index is 13.3. The number of pyridine rings is 2. The van der Waals surface area contributed by atoms with Crippen molar-refractivity contribution in [3.63, 3.8) is 0 Å². The molecule has 0 radical (unpaired) electrons. The Morgan fingerprint density at radius 3 is 2.58 bits per heavy atom. The number of aromatic amines is 1. The zero-order chi connectivity index (χ0) is 21.6. The van der Waals surface area contributed by atoms with E-state index in [-0.39, 0.29) is 10.9 Å². The Morgan fingerprint density at radius 1 is 1.03 bits per heavy atom. The smallest absolute Gasteiger partial charge is 0.354 e. The van der Waals surface area contributed by atoms with Crippen molar-refractivity contribution < 1.29 is 13.2 Å². The molecule has 1 fully saturated rings. The zero-order valence-electron chi connectivity index (χ0n) is 16.4. The van der Waals surface area contributed by atoms with Gasteiger partial charge in [0.25, 0.3) is 5.56 Å². The van der Waals surface area contributed by atoms with Crippen molar-refractivity contribution in [2.24, 2.45) is 0 Å². The van der Waals surface area contributed by atoms with E-state index >= 15 is 0 Å². The summed E-state index contributed by atoms with van der Waals surface area (Å²) in [6.07, 6.45) is -1.57. The van der Waals surface area contributed by atoms with Crippen LogP contribution in [0, 0.1) is 0 Å². The van der Waals surface area contributed by atoms with Gasteiger partial charge in [-0.3, -0.25) is 14.5 Å². The number of anilines is 1. The summed E-state index contributed by atoms with van der Waals surface area (Å²) in [5.74, 6) is 0.816. The van der Waals surface area contributed by atoms with Crippen LogP contribution in [0.1, 0.15) is 0 Å². The first-order valence-corrected chi connectivity index (χ1v) is 9.89. The van der Waals surface area contributed by atoms with E-state index in [1.54, 1.807) is 18.3 Å². The molecule has 4 aromatic rings. The third kappa shape index (κ3) is 3.63. The summed E-state index contributed by atoms with van der Waals surface area (Å²) in [6.45, 7) is 2.03. The third-order valence-corrected chi connectivity index (χ3v) is 5.53. The molecule has 5 rings (SSSR count). The highest BCUT2D eigenvalue weighted by molar-refractivity contribution is 6.04. The molecule has 0 amide bonds. The Labute approximate surface area is 174 Å². The van der Waals surface area contributed by atoms with E-state index in [0.29, 0.717) is 16.5 Å². The molecule has 3 aromatic heterocycles. The van der Waals surface area contributed by atoms with Crippen molar-refractivity contribution in [1.82, 2.24) is 25.1 Å². The minimum atomic E-state index is -4.53. The quantitative estimate of drug-likeness (QED) is 0.525. The fourth-order valence-corrected chi connectivity index (χ4v) is 4.06. The van der Waals surface area contributed by atoms with Crippen LogP contribution in [-0.4, -0.2) is 52.1 Å². The summed E-state index contributed by atoms with van der Waals surface area (Å²) in [4.78, 5) is 19.4. The summed E-state index contributed by atoms with van der Waals surface area (Å²) < 4.78 is 40.5. The van der Waals surface area contributed by atoms with Gasteiger partial charge in [-0.15, -0.1) is 0 Å². The van der Waals surface area contributed by atoms with Gasteiger partial charge in [-0.05, 0) is 29.3 Å². The molecule has 1 aliphatic heterocycles. The van der Waals surface area contributed by atoms with Gasteiger partial charge in [0.1, 0.15) is 12.4 Å². The molecule has 1 aromatic carbocycles. The molecule has 4 heterocycles. The van der Waals surface area contributed by atoms with Crippen LogP contribution in [0.4, 0.5) is 19.0 Å². The van der Waals surface area contributed by atoms with Crippen LogP contribution in [0.25, 0.3) is 32.9 Å². The van der Waals surface area contributed by atoms with Gasteiger partial charge in [-0.1, -0.05) is 12.1 Å². The van der Waals surface area contributed by atoms with Crippen LogP contribution in [-0.2, 0) is 6.54 Å². The zero-order valence-corrected chi connectivity index (χ0v) is 16.4. The van der Waals surface area contributed by atoms with Gasteiger partial charge in [0.2, 0.25) is 0 Å². The fraction of sp³-hybridized carbons (Fsp3) is 0.286. The Bertz CT molecular complexity index is 1320. The largest absolute Gasteiger partial charge is 0.406 e. The van der Waals surface area contributed by atoms with E-state index in [4.69, 9.17) is 0 Å². The molecule has 0 spiro atoms. The predicted molar refractivity (Wildman–Crippen MR) is 112 cm³/mol. The number of hydrogen-bond donors (Lipinski definition) is 2. The van der Waals surface area contributed by atoms with Crippen molar-refractivity contribution >= 4 is 27.6 Å². The van der Waals surface area contributed by atoms with Gasteiger partial charge in [-0.25, -0.2) is 4.98 Å². The number of H-pyrrole nitrogens is 1. The monoisotopic (exact) mass is 428 g/mol. The Kier molecular flexibility index (Phi) is 4.66. The van der Waals surface area contributed by atoms with Gasteiger partial charge in [0, 0.05) is 37.8 Å². The van der Waals surface area contributed by atoms with Crippen molar-refractivity contribution in [3.05, 3.63) is 53.1 Å². The molecule has 2 N–H and O–H groups in total. The summed E-state index contributed by atoms with van der Waals surface area (Å²) in [7, 11) is 0. The first-order valence-electron chi connectivity index (χ1n) is 9.89. The minimum absolute atomic E-state index is 0.134. The molecule has 0 atom stereocenters. The molecule has 160 valence electrons. The molecule has 7 nitrogen and oxygen atoms in total. The summed E-state index contributed by atoms with van der Waals surface area (Å²) in [6, 6.07) is 8.92. The van der Waals surface area contributed by atoms with Gasteiger partial charge in [-0.2, -0.15) is 18.3 Å². The number of piperazine rings is 1. The molecule has 0 unspecified atom stereocenters. The lowest BCUT2D eigenvalue weighted by Crippen LogP contribution is -2.43. The normalized spacial score (nSPS) is 15.1. The molecular formula is C21H19F3N6O. The topological polar surface area (TPSA) is 78.8 Å². The summed E-state index contributed by atoms with van der Waals surface area (Å²) in [5.41, 5.74) is 1.45. The van der Waals surface area contributed by atoms with Crippen molar-refractivity contribution in [3.8, 4) is 11.1 Å². The molecule has 1 aliphatic rings. The standard InChI is InChI=1S/C21H19F3N6O/c22-21(23,24)12-30-17-9-13(1-2-15(17)19-16(20(30)31)11-27-28-19)14-3-4-26-18(10-14)29-7-5-25-6-8-29/h1-4,9-11,25H,5-8,12H2,(H,27,28). The molecule has 1 saturated heterocycles. The van der Waals surface area contributed by atoms with Gasteiger partial charge < -0.3 is 10.2 Å². The number of fused-ring (bicyclic) bond motifs is 3. The van der Waals surface area contributed by atoms with E-state index < -0.39 is 18.3 Å². The third-order valence-electron chi connectivity index (χ3n) is 5.53. The number of hydrogen-bond acceptors (Lipinski definition) is 5. The number of nitrogens with zero attached hydrogens (tertiary/aromatic N) is 4. The number of alkyl halides is 3. The number of rotatable bonds is 3. The van der Waals surface area contributed by atoms with Gasteiger partial charge in [0.05, 0.1) is 22.6 Å². The first-order chi connectivity index (χ1) is 14.9. The van der Waals surface area contributed by atoms with E-state index in [1.807, 2.05) is 18.2 Å². The Hall–Kier alpha value is -3.40. The number of benzene rings is 1. The highest BCUT2D eigenvalue weighted by Crippen LogP contribution is 2.30. The Balaban J connectivity index is 1.67. The number of halogens is 3. The van der Waals surface area contributed by atoms with E-state index in [2.05, 4.69) is 25.4 Å². The lowest BCUT2D eigenvalue weighted by Gasteiger charge is -2.28. The summed E-state index contributed by atoms with van der Waals surface area (Å²) >= 11 is 0. The molecule has 31 heavy (non-hydrogen) atoms. The summed E-state index contributed by atoms with van der Waals surface area (Å²) in [5, 5.41) is 10.5. The van der Waals surface area contributed by atoms with Crippen molar-refractivity contribution in [2.75, 3.05) is 31.1 Å². The second-order valence-electron chi connectivity index (χ2n) is 7.54. The van der Waals surface area contributed by atoms with Gasteiger partial charge in [0.15, 0.2) is 0 Å². The number of nitrogens with one attached hydrogen (secondary N) is 2. The maximum Gasteiger partial charge on any atom is 0.406 e. The van der Waals surface area contributed by atoms with E-state index in [0.717, 1.165) is 42.1 Å². The molecular weight excluding hydrogens is 409 g/mol. The number of aromatic nitrogens is 4. The highest BCUT2D eigenvalue weighted by atomic mass is 19.4. The average molecular weight is 428 g/mol. The van der Waals surface area contributed by atoms with Crippen LogP contribution in [0.2, 0.25) is 0 Å². The molecule has 0 aliphatic carbocycles. The predicted octanol–water partition coefficient (Wildman–Crippen LogP) is 2.91. The van der Waals surface area contributed by atoms with Crippen LogP contribution < -0.4 is 15.8 Å². The second kappa shape index (κ2) is 7.38. The maximum absolute atomic E-state index is 13.3. The molecule has 0 saturated carbocycles. The van der Waals surface area contributed by atoms with Crippen LogP contribution >= 0.6 is 0 Å². The highest BCUT2D eigenvalue weighted by Gasteiger charge is 2.30. The van der Waals surface area contributed by atoms with Gasteiger partial charge >= 0.3 is 6.18 Å². The van der Waals surface area contributed by atoms with E-state index in [1.165, 1.54) is 6.20 Å². The lowest BCUT2D eigenvalue weighted by atomic mass is 10.0. The van der Waals surface area contributed by atoms with E-state index in [9.17, 15) is 18.0 Å². The fourth-order valence-electron chi connectivity index (χ4n) is 4.06.